The summed E-state index contributed by atoms with van der Waals surface area (Å²) >= 11 is 0. The molecular formula is C27H40N8O6S. The first-order chi connectivity index (χ1) is 20.2. The Labute approximate surface area is 246 Å². The average molecular weight is 605 g/mol. The third-order valence-electron chi connectivity index (χ3n) is 7.74. The summed E-state index contributed by atoms with van der Waals surface area (Å²) in [6.45, 7) is 8.62. The molecule has 3 aliphatic heterocycles. The topological polar surface area (TPSA) is 158 Å². The number of anilines is 1. The van der Waals surface area contributed by atoms with E-state index in [-0.39, 0.29) is 23.8 Å². The minimum Gasteiger partial charge on any atom is -0.493 e. The number of piperazine rings is 1. The van der Waals surface area contributed by atoms with E-state index in [1.807, 2.05) is 14.0 Å². The van der Waals surface area contributed by atoms with Crippen molar-refractivity contribution in [2.45, 2.75) is 24.8 Å². The van der Waals surface area contributed by atoms with Gasteiger partial charge in [-0.1, -0.05) is 6.92 Å². The minimum atomic E-state index is -3.77. The van der Waals surface area contributed by atoms with Crippen molar-refractivity contribution in [3.63, 3.8) is 0 Å². The predicted octanol–water partition coefficient (Wildman–Crippen LogP) is -0.484. The smallest absolute Gasteiger partial charge is 0.276 e. The predicted molar refractivity (Wildman–Crippen MR) is 157 cm³/mol. The van der Waals surface area contributed by atoms with Crippen LogP contribution in [0.3, 0.4) is 0 Å². The van der Waals surface area contributed by atoms with Crippen molar-refractivity contribution in [2.75, 3.05) is 90.8 Å². The number of rotatable bonds is 11. The highest BCUT2D eigenvalue weighted by Crippen LogP contribution is 2.34. The SMILES string of the molecule is CCCOc1ccc(S(=O)(=O)N2CCN(C)CC2)cc1-c1nc2c(c(=O)[nH]1)N(CCN1CCOCC1)N(CC(N)=O)C2. The zero-order chi connectivity index (χ0) is 29.9. The number of benzene rings is 1. The molecule has 0 saturated carbocycles. The van der Waals surface area contributed by atoms with E-state index in [0.29, 0.717) is 81.8 Å². The molecule has 2 fully saturated rings. The van der Waals surface area contributed by atoms with Gasteiger partial charge in [-0.25, -0.2) is 18.4 Å². The largest absolute Gasteiger partial charge is 0.493 e. The summed E-state index contributed by atoms with van der Waals surface area (Å²) in [6.07, 6.45) is 0.745. The Kier molecular flexibility index (Phi) is 9.44. The summed E-state index contributed by atoms with van der Waals surface area (Å²) in [7, 11) is -1.81. The number of nitrogens with one attached hydrogen (secondary N) is 1. The number of nitrogens with zero attached hydrogens (tertiary/aromatic N) is 6. The molecule has 230 valence electrons. The fourth-order valence-corrected chi connectivity index (χ4v) is 6.87. The molecule has 0 unspecified atom stereocenters. The molecule has 3 aliphatic rings. The van der Waals surface area contributed by atoms with Crippen LogP contribution in [0.1, 0.15) is 19.0 Å². The van der Waals surface area contributed by atoms with Gasteiger partial charge < -0.3 is 25.1 Å². The van der Waals surface area contributed by atoms with E-state index >= 15 is 0 Å². The van der Waals surface area contributed by atoms with E-state index in [1.165, 1.54) is 16.4 Å². The number of morpholine rings is 1. The Morgan fingerprint density at radius 1 is 1.12 bits per heavy atom. The maximum atomic E-state index is 13.6. The fraction of sp³-hybridized carbons (Fsp3) is 0.593. The van der Waals surface area contributed by atoms with E-state index in [2.05, 4.69) is 14.8 Å². The number of fused-ring (bicyclic) bond motifs is 1. The molecule has 0 bridgehead atoms. The maximum absolute atomic E-state index is 13.6. The number of hydrogen-bond acceptors (Lipinski definition) is 11. The molecule has 42 heavy (non-hydrogen) atoms. The van der Waals surface area contributed by atoms with Crippen LogP contribution in [0.2, 0.25) is 0 Å². The zero-order valence-electron chi connectivity index (χ0n) is 24.2. The van der Waals surface area contributed by atoms with Gasteiger partial charge >= 0.3 is 0 Å². The lowest BCUT2D eigenvalue weighted by Gasteiger charge is -2.32. The summed E-state index contributed by atoms with van der Waals surface area (Å²) in [6, 6.07) is 4.68. The summed E-state index contributed by atoms with van der Waals surface area (Å²) in [4.78, 5) is 37.6. The number of carbonyl (C=O) groups is 1. The van der Waals surface area contributed by atoms with Crippen LogP contribution in [0.25, 0.3) is 11.4 Å². The van der Waals surface area contributed by atoms with Gasteiger partial charge in [0.2, 0.25) is 15.9 Å². The van der Waals surface area contributed by atoms with Gasteiger partial charge in [0.15, 0.2) is 0 Å². The van der Waals surface area contributed by atoms with Crippen LogP contribution in [0.5, 0.6) is 5.75 Å². The number of sulfonamides is 1. The van der Waals surface area contributed by atoms with Crippen molar-refractivity contribution in [1.82, 2.24) is 29.1 Å². The van der Waals surface area contributed by atoms with Gasteiger partial charge in [-0.05, 0) is 31.7 Å². The second-order valence-electron chi connectivity index (χ2n) is 10.8. The van der Waals surface area contributed by atoms with Crippen molar-refractivity contribution in [3.05, 3.63) is 34.2 Å². The quantitative estimate of drug-likeness (QED) is 0.341. The number of carbonyl (C=O) groups excluding carboxylic acids is 1. The minimum absolute atomic E-state index is 0.0716. The first-order valence-electron chi connectivity index (χ1n) is 14.4. The highest BCUT2D eigenvalue weighted by atomic mass is 32.2. The molecule has 0 radical (unpaired) electrons. The molecule has 14 nitrogen and oxygen atoms in total. The number of H-pyrrole nitrogens is 1. The van der Waals surface area contributed by atoms with Gasteiger partial charge in [0.1, 0.15) is 17.3 Å². The van der Waals surface area contributed by atoms with E-state index in [1.54, 1.807) is 16.1 Å². The van der Waals surface area contributed by atoms with Gasteiger partial charge in [-0.2, -0.15) is 4.31 Å². The molecule has 0 aliphatic carbocycles. The third-order valence-corrected chi connectivity index (χ3v) is 9.63. The van der Waals surface area contributed by atoms with Crippen LogP contribution in [0.4, 0.5) is 5.69 Å². The molecule has 1 aromatic heterocycles. The number of ether oxygens (including phenoxy) is 2. The lowest BCUT2D eigenvalue weighted by molar-refractivity contribution is -0.119. The Morgan fingerprint density at radius 3 is 2.55 bits per heavy atom. The van der Waals surface area contributed by atoms with Crippen molar-refractivity contribution in [1.29, 1.82) is 0 Å². The zero-order valence-corrected chi connectivity index (χ0v) is 25.1. The molecule has 15 heteroatoms. The molecule has 1 amide bonds. The average Bonchev–Trinajstić information content (AvgIpc) is 3.32. The number of amides is 1. The molecular weight excluding hydrogens is 564 g/mol. The standard InChI is InChI=1S/C27H40N8O6S/c1-3-14-41-23-5-4-20(42(38,39)34-9-6-31(2)7-10-34)17-21(23)26-29-22-18-33(19-24(28)36)35(25(22)27(37)30-26)11-8-32-12-15-40-16-13-32/h4-5,17H,3,6-16,18-19H2,1-2H3,(H2,28,36)(H,29,30,37). The van der Waals surface area contributed by atoms with Crippen LogP contribution in [-0.4, -0.2) is 129 Å². The highest BCUT2D eigenvalue weighted by molar-refractivity contribution is 7.89. The number of nitrogens with two attached hydrogens (primary N) is 1. The highest BCUT2D eigenvalue weighted by Gasteiger charge is 2.34. The van der Waals surface area contributed by atoms with Crippen molar-refractivity contribution >= 4 is 21.6 Å². The molecule has 2 saturated heterocycles. The van der Waals surface area contributed by atoms with Gasteiger partial charge in [-0.15, -0.1) is 0 Å². The van der Waals surface area contributed by atoms with Gasteiger partial charge in [-0.3, -0.25) is 19.5 Å². The Bertz CT molecular complexity index is 1440. The maximum Gasteiger partial charge on any atom is 0.276 e. The van der Waals surface area contributed by atoms with Crippen molar-refractivity contribution in [2.24, 2.45) is 5.73 Å². The van der Waals surface area contributed by atoms with E-state index in [0.717, 1.165) is 19.5 Å². The van der Waals surface area contributed by atoms with Crippen LogP contribution >= 0.6 is 0 Å². The number of hydrazine groups is 1. The summed E-state index contributed by atoms with van der Waals surface area (Å²) < 4.78 is 40.0. The molecule has 5 rings (SSSR count). The molecule has 2 aromatic rings. The molecule has 0 atom stereocenters. The summed E-state index contributed by atoms with van der Waals surface area (Å²) in [5.41, 5.74) is 6.36. The first kappa shape index (κ1) is 30.4. The van der Waals surface area contributed by atoms with Crippen LogP contribution in [0.15, 0.2) is 27.9 Å². The second-order valence-corrected chi connectivity index (χ2v) is 12.7. The number of aromatic nitrogens is 2. The summed E-state index contributed by atoms with van der Waals surface area (Å²) in [5, 5.41) is 3.50. The van der Waals surface area contributed by atoms with Crippen LogP contribution in [-0.2, 0) is 26.1 Å². The van der Waals surface area contributed by atoms with E-state index < -0.39 is 21.5 Å². The molecule has 1 aromatic carbocycles. The molecule has 3 N–H and O–H groups in total. The Hall–Kier alpha value is -3.08. The lowest BCUT2D eigenvalue weighted by atomic mass is 10.1. The van der Waals surface area contributed by atoms with E-state index in [4.69, 9.17) is 20.2 Å². The van der Waals surface area contributed by atoms with Crippen molar-refractivity contribution in [3.8, 4) is 17.1 Å². The van der Waals surface area contributed by atoms with E-state index in [9.17, 15) is 18.0 Å². The Balaban J connectivity index is 1.49. The normalized spacial score (nSPS) is 19.2. The fourth-order valence-electron chi connectivity index (χ4n) is 5.42. The Morgan fingerprint density at radius 2 is 1.86 bits per heavy atom. The van der Waals surface area contributed by atoms with Crippen LogP contribution < -0.4 is 21.0 Å². The van der Waals surface area contributed by atoms with Gasteiger partial charge in [0.25, 0.3) is 5.56 Å². The number of aromatic amines is 1. The van der Waals surface area contributed by atoms with Crippen LogP contribution in [0, 0.1) is 0 Å². The lowest BCUT2D eigenvalue weighted by Crippen LogP contribution is -2.48. The molecule has 4 heterocycles. The number of primary amides is 1. The second kappa shape index (κ2) is 13.1. The molecule has 0 spiro atoms. The first-order valence-corrected chi connectivity index (χ1v) is 15.8. The monoisotopic (exact) mass is 604 g/mol. The number of hydrogen-bond donors (Lipinski definition) is 2. The summed E-state index contributed by atoms with van der Waals surface area (Å²) in [5.74, 6) is 0.107. The van der Waals surface area contributed by atoms with Gasteiger partial charge in [0, 0.05) is 52.4 Å². The van der Waals surface area contributed by atoms with Crippen molar-refractivity contribution < 1.29 is 22.7 Å². The van der Waals surface area contributed by atoms with Gasteiger partial charge in [0.05, 0.1) is 49.1 Å². The number of likely N-dealkylation sites (N-methyl/N-ethyl adjacent to an activating group) is 1. The third kappa shape index (κ3) is 6.61.